The van der Waals surface area contributed by atoms with Crippen molar-refractivity contribution in [3.8, 4) is 11.4 Å². The van der Waals surface area contributed by atoms with Crippen LogP contribution in [0.15, 0.2) is 66.3 Å². The third kappa shape index (κ3) is 4.65. The van der Waals surface area contributed by atoms with Gasteiger partial charge in [-0.3, -0.25) is 9.20 Å². The molecule has 1 amide bonds. The van der Waals surface area contributed by atoms with Crippen LogP contribution < -0.4 is 16.4 Å². The highest BCUT2D eigenvalue weighted by atomic mass is 32.1. The SMILES string of the molecule is CN(C)Cc1ccn2c(-c3csc(Nc4ccc(C(=O)Nc5ccccc5N)s4)n3)cnc2c1. The highest BCUT2D eigenvalue weighted by Gasteiger charge is 2.14. The Morgan fingerprint density at radius 2 is 2.03 bits per heavy atom. The maximum absolute atomic E-state index is 12.6. The molecule has 0 saturated heterocycles. The van der Waals surface area contributed by atoms with Gasteiger partial charge in [-0.2, -0.15) is 0 Å². The number of hydrogen-bond donors (Lipinski definition) is 3. The maximum atomic E-state index is 12.6. The van der Waals surface area contributed by atoms with E-state index in [9.17, 15) is 4.79 Å². The average molecular weight is 490 g/mol. The smallest absolute Gasteiger partial charge is 0.265 e. The number of thiazole rings is 1. The van der Waals surface area contributed by atoms with Gasteiger partial charge in [0, 0.05) is 18.1 Å². The number of nitrogens with two attached hydrogens (primary N) is 1. The van der Waals surface area contributed by atoms with E-state index in [1.54, 1.807) is 18.2 Å². The monoisotopic (exact) mass is 489 g/mol. The number of benzene rings is 1. The Bertz CT molecular complexity index is 1470. The van der Waals surface area contributed by atoms with Gasteiger partial charge in [0.1, 0.15) is 11.3 Å². The fraction of sp³-hybridized carbons (Fsp3) is 0.125. The second-order valence-corrected chi connectivity index (χ2v) is 9.95. The second kappa shape index (κ2) is 9.26. The Morgan fingerprint density at radius 3 is 2.85 bits per heavy atom. The van der Waals surface area contributed by atoms with Gasteiger partial charge in [0.05, 0.1) is 33.1 Å². The molecule has 4 aromatic heterocycles. The van der Waals surface area contributed by atoms with Crippen molar-refractivity contribution in [2.45, 2.75) is 6.54 Å². The van der Waals surface area contributed by atoms with Crippen molar-refractivity contribution in [2.24, 2.45) is 0 Å². The first-order valence-electron chi connectivity index (χ1n) is 10.6. The first-order chi connectivity index (χ1) is 16.5. The molecular weight excluding hydrogens is 466 g/mol. The van der Waals surface area contributed by atoms with E-state index in [0.717, 1.165) is 33.7 Å². The van der Waals surface area contributed by atoms with E-state index < -0.39 is 0 Å². The summed E-state index contributed by atoms with van der Waals surface area (Å²) in [5, 5.41) is 9.73. The summed E-state index contributed by atoms with van der Waals surface area (Å²) in [5.41, 5.74) is 10.9. The lowest BCUT2D eigenvalue weighted by Crippen LogP contribution is -2.11. The summed E-state index contributed by atoms with van der Waals surface area (Å²) in [7, 11) is 4.10. The van der Waals surface area contributed by atoms with Crippen LogP contribution in [-0.4, -0.2) is 39.3 Å². The number of hydrogen-bond acceptors (Lipinski definition) is 8. The lowest BCUT2D eigenvalue weighted by atomic mass is 10.2. The molecule has 8 nitrogen and oxygen atoms in total. The van der Waals surface area contributed by atoms with E-state index in [1.807, 2.05) is 54.5 Å². The van der Waals surface area contributed by atoms with Gasteiger partial charge >= 0.3 is 0 Å². The summed E-state index contributed by atoms with van der Waals surface area (Å²) < 4.78 is 2.04. The number of carbonyl (C=O) groups excluding carboxylic acids is 1. The van der Waals surface area contributed by atoms with Crippen molar-refractivity contribution >= 4 is 55.7 Å². The van der Waals surface area contributed by atoms with E-state index in [0.29, 0.717) is 16.3 Å². The number of fused-ring (bicyclic) bond motifs is 1. The largest absolute Gasteiger partial charge is 0.397 e. The molecule has 0 spiro atoms. The predicted molar refractivity (Wildman–Crippen MR) is 140 cm³/mol. The fourth-order valence-electron chi connectivity index (χ4n) is 3.55. The Morgan fingerprint density at radius 1 is 1.18 bits per heavy atom. The molecule has 1 aromatic carbocycles. The Kier molecular flexibility index (Phi) is 6.01. The third-order valence-electron chi connectivity index (χ3n) is 5.11. The molecule has 0 radical (unpaired) electrons. The fourth-order valence-corrected chi connectivity index (χ4v) is 5.13. The minimum absolute atomic E-state index is 0.199. The van der Waals surface area contributed by atoms with E-state index in [1.165, 1.54) is 28.2 Å². The molecule has 0 aliphatic heterocycles. The average Bonchev–Trinajstić information content (AvgIpc) is 3.54. The Hall–Kier alpha value is -3.73. The molecule has 0 unspecified atom stereocenters. The van der Waals surface area contributed by atoms with Gasteiger partial charge in [-0.1, -0.05) is 12.1 Å². The van der Waals surface area contributed by atoms with Crippen LogP contribution >= 0.6 is 22.7 Å². The number of carbonyl (C=O) groups is 1. The quantitative estimate of drug-likeness (QED) is 0.273. The molecule has 5 rings (SSSR count). The molecule has 0 aliphatic rings. The normalized spacial score (nSPS) is 11.3. The second-order valence-electron chi connectivity index (χ2n) is 8.01. The molecule has 0 fully saturated rings. The molecule has 0 atom stereocenters. The lowest BCUT2D eigenvalue weighted by molar-refractivity contribution is 0.103. The molecular formula is C24H23N7OS2. The van der Waals surface area contributed by atoms with Crippen molar-refractivity contribution in [1.82, 2.24) is 19.3 Å². The van der Waals surface area contributed by atoms with Gasteiger partial charge in [0.15, 0.2) is 5.13 Å². The number of nitrogens with zero attached hydrogens (tertiary/aromatic N) is 4. The van der Waals surface area contributed by atoms with E-state index >= 15 is 0 Å². The Balaban J connectivity index is 1.29. The van der Waals surface area contributed by atoms with Crippen LogP contribution in [0.1, 0.15) is 15.2 Å². The van der Waals surface area contributed by atoms with Gasteiger partial charge in [-0.15, -0.1) is 22.7 Å². The van der Waals surface area contributed by atoms with Crippen molar-refractivity contribution in [2.75, 3.05) is 30.5 Å². The first kappa shape index (κ1) is 22.1. The van der Waals surface area contributed by atoms with Crippen LogP contribution in [-0.2, 0) is 6.54 Å². The molecule has 4 heterocycles. The topological polar surface area (TPSA) is 101 Å². The number of imidazole rings is 1. The predicted octanol–water partition coefficient (Wildman–Crippen LogP) is 5.16. The number of nitrogen functional groups attached to an aromatic ring is 1. The summed E-state index contributed by atoms with van der Waals surface area (Å²) in [5.74, 6) is -0.199. The summed E-state index contributed by atoms with van der Waals surface area (Å²) >= 11 is 2.86. The number of nitrogens with one attached hydrogen (secondary N) is 2. The number of pyridine rings is 1. The molecule has 34 heavy (non-hydrogen) atoms. The highest BCUT2D eigenvalue weighted by Crippen LogP contribution is 2.31. The zero-order chi connectivity index (χ0) is 23.7. The van der Waals surface area contributed by atoms with Crippen molar-refractivity contribution in [3.63, 3.8) is 0 Å². The van der Waals surface area contributed by atoms with Crippen LogP contribution in [0, 0.1) is 0 Å². The third-order valence-corrected chi connectivity index (χ3v) is 6.87. The number of amides is 1. The van der Waals surface area contributed by atoms with Crippen molar-refractivity contribution < 1.29 is 4.79 Å². The minimum atomic E-state index is -0.199. The van der Waals surface area contributed by atoms with E-state index in [2.05, 4.69) is 32.7 Å². The number of anilines is 4. The summed E-state index contributed by atoms with van der Waals surface area (Å²) in [6.07, 6.45) is 3.88. The van der Waals surface area contributed by atoms with Gasteiger partial charge in [-0.05, 0) is 56.1 Å². The zero-order valence-corrected chi connectivity index (χ0v) is 20.3. The van der Waals surface area contributed by atoms with Gasteiger partial charge in [0.2, 0.25) is 0 Å². The number of aromatic nitrogens is 3. The van der Waals surface area contributed by atoms with Gasteiger partial charge in [-0.25, -0.2) is 9.97 Å². The number of rotatable bonds is 7. The van der Waals surface area contributed by atoms with Crippen LogP contribution in [0.2, 0.25) is 0 Å². The minimum Gasteiger partial charge on any atom is -0.397 e. The Labute approximate surface area is 204 Å². The summed E-state index contributed by atoms with van der Waals surface area (Å²) in [6, 6.07) is 15.0. The molecule has 0 saturated carbocycles. The lowest BCUT2D eigenvalue weighted by Gasteiger charge is -2.09. The molecule has 5 aromatic rings. The van der Waals surface area contributed by atoms with Crippen LogP contribution in [0.5, 0.6) is 0 Å². The summed E-state index contributed by atoms with van der Waals surface area (Å²) in [6.45, 7) is 0.864. The van der Waals surface area contributed by atoms with Gasteiger partial charge < -0.3 is 21.3 Å². The van der Waals surface area contributed by atoms with Crippen LogP contribution in [0.3, 0.4) is 0 Å². The van der Waals surface area contributed by atoms with Crippen molar-refractivity contribution in [1.29, 1.82) is 0 Å². The maximum Gasteiger partial charge on any atom is 0.265 e. The molecule has 0 bridgehead atoms. The molecule has 172 valence electrons. The standard InChI is InChI=1S/C24H23N7OS2/c1-30(2)13-15-9-10-31-19(12-26-21(31)11-15)18-14-33-24(28-18)29-22-8-7-20(34-22)23(32)27-17-6-4-3-5-16(17)25/h3-12,14H,13,25H2,1-2H3,(H,27,32)(H,28,29). The molecule has 0 aliphatic carbocycles. The highest BCUT2D eigenvalue weighted by molar-refractivity contribution is 7.19. The number of thiophene rings is 1. The van der Waals surface area contributed by atoms with E-state index in [-0.39, 0.29) is 5.91 Å². The summed E-state index contributed by atoms with van der Waals surface area (Å²) in [4.78, 5) is 24.6. The van der Waals surface area contributed by atoms with Crippen LogP contribution in [0.4, 0.5) is 21.5 Å². The first-order valence-corrected chi connectivity index (χ1v) is 12.3. The zero-order valence-electron chi connectivity index (χ0n) is 18.6. The van der Waals surface area contributed by atoms with E-state index in [4.69, 9.17) is 10.7 Å². The van der Waals surface area contributed by atoms with Crippen molar-refractivity contribution in [3.05, 3.63) is 76.7 Å². The van der Waals surface area contributed by atoms with Crippen LogP contribution in [0.25, 0.3) is 17.0 Å². The number of para-hydroxylation sites is 2. The van der Waals surface area contributed by atoms with Gasteiger partial charge in [0.25, 0.3) is 5.91 Å². The molecule has 10 heteroatoms. The molecule has 4 N–H and O–H groups in total.